The molecule has 0 saturated carbocycles. The molecule has 3 amide bonds. The van der Waals surface area contributed by atoms with Gasteiger partial charge in [0.1, 0.15) is 11.0 Å². The molecule has 2 aromatic carbocycles. The third kappa shape index (κ3) is 13.7. The van der Waals surface area contributed by atoms with Crippen molar-refractivity contribution in [3.05, 3.63) is 60.2 Å². The number of hydrogen-bond acceptors (Lipinski definition) is 13. The van der Waals surface area contributed by atoms with E-state index in [1.807, 2.05) is 87.6 Å². The zero-order valence-corrected chi connectivity index (χ0v) is 32.0. The molecule has 5 rings (SSSR count). The van der Waals surface area contributed by atoms with Crippen LogP contribution in [0.5, 0.6) is 0 Å². The minimum Gasteiger partial charge on any atom is -0.453 e. The number of ether oxygens (including phenoxy) is 1. The fourth-order valence-electron chi connectivity index (χ4n) is 5.25. The summed E-state index contributed by atoms with van der Waals surface area (Å²) in [6, 6.07) is 15.4. The Balaban J connectivity index is 0.000000310. The average Bonchev–Trinajstić information content (AvgIpc) is 3.90. The lowest BCUT2D eigenvalue weighted by Crippen LogP contribution is -2.54. The number of carbonyl (C=O) groups is 4. The summed E-state index contributed by atoms with van der Waals surface area (Å²) in [5, 5.41) is 37.6. The Morgan fingerprint density at radius 3 is 2.35 bits per heavy atom. The maximum absolute atomic E-state index is 12.8. The van der Waals surface area contributed by atoms with Gasteiger partial charge in [0.2, 0.25) is 11.8 Å². The highest BCUT2D eigenvalue weighted by Gasteiger charge is 2.45. The molecule has 18 heteroatoms. The molecule has 3 aromatic rings. The summed E-state index contributed by atoms with van der Waals surface area (Å²) in [6.45, 7) is 8.61. The monoisotopic (exact) mass is 781 g/mol. The van der Waals surface area contributed by atoms with E-state index in [1.165, 1.54) is 0 Å². The first-order valence-electron chi connectivity index (χ1n) is 16.9. The van der Waals surface area contributed by atoms with Gasteiger partial charge >= 0.3 is 5.43 Å². The molecule has 2 aliphatic rings. The van der Waals surface area contributed by atoms with Gasteiger partial charge in [-0.25, -0.2) is 9.78 Å². The number of fused-ring (bicyclic) bond motifs is 1. The Bertz CT molecular complexity index is 1580. The van der Waals surface area contributed by atoms with Gasteiger partial charge in [-0.15, -0.1) is 28.6 Å². The highest BCUT2D eigenvalue weighted by Crippen LogP contribution is 2.49. The maximum atomic E-state index is 12.8. The van der Waals surface area contributed by atoms with Crippen LogP contribution in [-0.2, 0) is 19.1 Å². The molecule has 2 saturated heterocycles. The fourth-order valence-corrected chi connectivity index (χ4v) is 8.50. The van der Waals surface area contributed by atoms with Crippen LogP contribution in [0.1, 0.15) is 58.6 Å². The number of benzene rings is 2. The van der Waals surface area contributed by atoms with E-state index in [4.69, 9.17) is 16.9 Å². The highest BCUT2D eigenvalue weighted by molar-refractivity contribution is 8.21. The molecule has 3 heterocycles. The summed E-state index contributed by atoms with van der Waals surface area (Å²) >= 11 is 8.65. The zero-order valence-electron chi connectivity index (χ0n) is 29.6. The van der Waals surface area contributed by atoms with Crippen LogP contribution in [0.15, 0.2) is 54.6 Å². The van der Waals surface area contributed by atoms with Gasteiger partial charge in [0.05, 0.1) is 35.4 Å². The first kappa shape index (κ1) is 42.8. The highest BCUT2D eigenvalue weighted by atomic mass is 35.5. The molecule has 4 atom stereocenters. The van der Waals surface area contributed by atoms with Crippen LogP contribution in [0, 0.1) is 5.92 Å². The van der Waals surface area contributed by atoms with Crippen molar-refractivity contribution in [2.24, 2.45) is 5.92 Å². The first-order valence-corrected chi connectivity index (χ1v) is 19.3. The molecular weight excluding hydrogens is 734 g/mol. The number of aliphatic hydroxyl groups is 1. The molecule has 15 nitrogen and oxygen atoms in total. The summed E-state index contributed by atoms with van der Waals surface area (Å²) in [4.78, 5) is 52.3. The normalized spacial score (nSPS) is 17.5. The van der Waals surface area contributed by atoms with E-state index < -0.39 is 23.5 Å². The maximum Gasteiger partial charge on any atom is 0.403 e. The van der Waals surface area contributed by atoms with E-state index in [1.54, 1.807) is 18.2 Å². The summed E-state index contributed by atoms with van der Waals surface area (Å²) in [5.74, 6) is 1.33. The number of carbonyl (C=O) groups excluding carboxylic acids is 4. The third-order valence-electron chi connectivity index (χ3n) is 7.87. The second kappa shape index (κ2) is 21.8. The van der Waals surface area contributed by atoms with Crippen LogP contribution < -0.4 is 26.3 Å². The molecule has 52 heavy (non-hydrogen) atoms. The van der Waals surface area contributed by atoms with Crippen molar-refractivity contribution in [3.63, 3.8) is 0 Å². The van der Waals surface area contributed by atoms with Crippen molar-refractivity contribution in [3.8, 4) is 0 Å². The van der Waals surface area contributed by atoms with Crippen molar-refractivity contribution in [2.75, 3.05) is 31.2 Å². The number of nitrogens with one attached hydrogen (secondary N) is 4. The van der Waals surface area contributed by atoms with Crippen LogP contribution in [0.2, 0.25) is 0 Å². The predicted molar refractivity (Wildman–Crippen MR) is 202 cm³/mol. The minimum atomic E-state index is -1.43. The first-order chi connectivity index (χ1) is 24.9. The van der Waals surface area contributed by atoms with Crippen molar-refractivity contribution in [2.45, 2.75) is 75.3 Å². The molecule has 6 N–H and O–H groups in total. The van der Waals surface area contributed by atoms with E-state index >= 15 is 0 Å². The second-order valence-electron chi connectivity index (χ2n) is 12.5. The van der Waals surface area contributed by atoms with Crippen LogP contribution in [-0.4, -0.2) is 102 Å². The molecular formula is C34H48ClN7O8S2. The number of hydrogen-bond donors (Lipinski definition) is 6. The van der Waals surface area contributed by atoms with E-state index in [-0.39, 0.29) is 34.5 Å². The van der Waals surface area contributed by atoms with Crippen LogP contribution in [0.25, 0.3) is 11.0 Å². The predicted octanol–water partition coefficient (Wildman–Crippen LogP) is 3.51. The largest absolute Gasteiger partial charge is 0.453 e. The van der Waals surface area contributed by atoms with Crippen molar-refractivity contribution in [1.82, 2.24) is 36.4 Å². The van der Waals surface area contributed by atoms with Gasteiger partial charge in [-0.3, -0.25) is 14.4 Å². The standard InChI is InChI=1S/C23H34N4O4S2.C6H5N3O2.C5H9ClO2/c1-3-7-17(27-21(30)18-12-23(14-25-18)32-10-11-33-23)20(29)22(31)24-13-19(28)26-15(2)16-8-5-4-6-9-16;10-11-9-6-4-2-1-3-5(6)7-8-9;1-4(2)3-8-5(6)7/h4-6,8-9,15,17-18,20,25,29H,3,7,10-14H2,1-2H3,(H,24,31)(H,26,28)(H,27,30);1-4,10H;4H,3H2,1-2H3/t15-,17?,18?,20?;;/m1../s1. The Labute approximate surface area is 316 Å². The van der Waals surface area contributed by atoms with Gasteiger partial charge < -0.3 is 31.1 Å². The van der Waals surface area contributed by atoms with Gasteiger partial charge in [-0.2, -0.15) is 5.26 Å². The number of thioether (sulfide) groups is 2. The van der Waals surface area contributed by atoms with Crippen molar-refractivity contribution < 1.29 is 39.3 Å². The molecule has 0 bridgehead atoms. The Morgan fingerprint density at radius 1 is 1.06 bits per heavy atom. The summed E-state index contributed by atoms with van der Waals surface area (Å²) in [6.07, 6.45) is 0.449. The van der Waals surface area contributed by atoms with E-state index in [0.717, 1.165) is 34.9 Å². The third-order valence-corrected chi connectivity index (χ3v) is 11.4. The molecule has 1 aromatic heterocycles. The fraction of sp³-hybridized carbons (Fsp3) is 0.529. The van der Waals surface area contributed by atoms with E-state index in [9.17, 15) is 24.3 Å². The Hall–Kier alpha value is -3.61. The van der Waals surface area contributed by atoms with Gasteiger partial charge in [0.15, 0.2) is 6.10 Å². The lowest BCUT2D eigenvalue weighted by molar-refractivity contribution is -0.250. The number of para-hydroxylation sites is 1. The quantitative estimate of drug-likeness (QED) is 0.0836. The lowest BCUT2D eigenvalue weighted by Gasteiger charge is -2.25. The number of aromatic nitrogens is 3. The number of nitrogens with zero attached hydrogens (tertiary/aromatic N) is 3. The van der Waals surface area contributed by atoms with Crippen LogP contribution >= 0.6 is 35.1 Å². The van der Waals surface area contributed by atoms with Gasteiger partial charge in [0, 0.05) is 29.7 Å². The number of aliphatic hydroxyl groups excluding tert-OH is 1. The van der Waals surface area contributed by atoms with Gasteiger partial charge in [0.25, 0.3) is 5.91 Å². The van der Waals surface area contributed by atoms with E-state index in [0.29, 0.717) is 36.4 Å². The number of halogens is 1. The van der Waals surface area contributed by atoms with Crippen LogP contribution in [0.4, 0.5) is 4.79 Å². The Kier molecular flexibility index (Phi) is 17.9. The average molecular weight is 782 g/mol. The van der Waals surface area contributed by atoms with Crippen molar-refractivity contribution in [1.29, 1.82) is 0 Å². The SMILES string of the molecule is CC(C)COC(=O)Cl.CCCC(NC(=O)C1CC2(CN1)SCCS2)C(O)C(=O)NCC(=O)N[C@H](C)c1ccccc1.OOn1nnc2ccccc21. The Morgan fingerprint density at radius 2 is 1.73 bits per heavy atom. The molecule has 2 fully saturated rings. The summed E-state index contributed by atoms with van der Waals surface area (Å²) < 4.78 is 4.49. The number of amides is 3. The minimum absolute atomic E-state index is 0.0580. The molecule has 1 spiro atoms. The number of rotatable bonds is 13. The van der Waals surface area contributed by atoms with Crippen molar-refractivity contribution >= 4 is 69.3 Å². The van der Waals surface area contributed by atoms with Crippen LogP contribution in [0.3, 0.4) is 0 Å². The molecule has 3 unspecified atom stereocenters. The molecule has 0 radical (unpaired) electrons. The summed E-state index contributed by atoms with van der Waals surface area (Å²) in [7, 11) is 0. The lowest BCUT2D eigenvalue weighted by atomic mass is 10.0. The molecule has 0 aliphatic carbocycles. The van der Waals surface area contributed by atoms with Gasteiger partial charge in [-0.1, -0.05) is 69.7 Å². The topological polar surface area (TPSA) is 206 Å². The van der Waals surface area contributed by atoms with E-state index in [2.05, 4.69) is 41.3 Å². The summed E-state index contributed by atoms with van der Waals surface area (Å²) in [5.41, 5.74) is 1.55. The van der Waals surface area contributed by atoms with Gasteiger partial charge in [-0.05, 0) is 53.4 Å². The second-order valence-corrected chi connectivity index (χ2v) is 16.0. The molecule has 286 valence electrons. The smallest absolute Gasteiger partial charge is 0.403 e. The zero-order chi connectivity index (χ0) is 38.1. The molecule has 2 aliphatic heterocycles.